The normalized spacial score (nSPS) is 11.4. The van der Waals surface area contributed by atoms with Gasteiger partial charge in [0.15, 0.2) is 0 Å². The van der Waals surface area contributed by atoms with Crippen LogP contribution in [-0.2, 0) is 11.3 Å². The zero-order valence-corrected chi connectivity index (χ0v) is 14.5. The van der Waals surface area contributed by atoms with E-state index in [0.29, 0.717) is 5.02 Å². The first-order valence-electron chi connectivity index (χ1n) is 7.52. The van der Waals surface area contributed by atoms with Gasteiger partial charge in [0.05, 0.1) is 0 Å². The number of aromatic nitrogens is 1. The molecule has 0 saturated carbocycles. The molecule has 0 aliphatic heterocycles. The average molecular weight is 356 g/mol. The van der Waals surface area contributed by atoms with Gasteiger partial charge in [0, 0.05) is 31.9 Å². The van der Waals surface area contributed by atoms with E-state index < -0.39 is 5.97 Å². The largest absolute Gasteiger partial charge is 0.480 e. The van der Waals surface area contributed by atoms with Crippen LogP contribution in [0.5, 0.6) is 0 Å². The van der Waals surface area contributed by atoms with Crippen LogP contribution in [0.1, 0.15) is 5.69 Å². The molecule has 2 aromatic carbocycles. The lowest BCUT2D eigenvalue weighted by Crippen LogP contribution is -2.09. The fourth-order valence-corrected chi connectivity index (χ4v) is 4.22. The molecule has 0 radical (unpaired) electrons. The SMILES string of the molecule is Cc1c(-c2ccc3sccc3c2)c2cc(Cl)ccc2n1CC(=O)O. The summed E-state index contributed by atoms with van der Waals surface area (Å²) in [6.45, 7) is 1.90. The van der Waals surface area contributed by atoms with Crippen molar-refractivity contribution in [2.45, 2.75) is 13.5 Å². The van der Waals surface area contributed by atoms with Crippen LogP contribution in [0.15, 0.2) is 47.8 Å². The zero-order chi connectivity index (χ0) is 16.8. The van der Waals surface area contributed by atoms with Crippen LogP contribution < -0.4 is 0 Å². The smallest absolute Gasteiger partial charge is 0.323 e. The van der Waals surface area contributed by atoms with Gasteiger partial charge in [-0.3, -0.25) is 4.79 Å². The number of aliphatic carboxylic acids is 1. The minimum atomic E-state index is -0.857. The molecule has 120 valence electrons. The van der Waals surface area contributed by atoms with Crippen LogP contribution in [0.4, 0.5) is 0 Å². The number of halogens is 1. The molecule has 1 N–H and O–H groups in total. The van der Waals surface area contributed by atoms with E-state index in [1.807, 2.05) is 23.6 Å². The summed E-state index contributed by atoms with van der Waals surface area (Å²) >= 11 is 7.91. The summed E-state index contributed by atoms with van der Waals surface area (Å²) < 4.78 is 3.07. The van der Waals surface area contributed by atoms with E-state index in [0.717, 1.165) is 27.7 Å². The van der Waals surface area contributed by atoms with Gasteiger partial charge in [-0.1, -0.05) is 17.7 Å². The van der Waals surface area contributed by atoms with Crippen molar-refractivity contribution in [3.63, 3.8) is 0 Å². The average Bonchev–Trinajstić information content (AvgIpc) is 3.09. The standard InChI is InChI=1S/C19H14ClNO2S/c1-11-19(13-2-5-17-12(8-13)6-7-24-17)15-9-14(20)3-4-16(15)21(11)10-18(22)23/h2-9H,10H2,1H3,(H,22,23). The van der Waals surface area contributed by atoms with Crippen molar-refractivity contribution < 1.29 is 9.90 Å². The van der Waals surface area contributed by atoms with Crippen LogP contribution in [0, 0.1) is 6.92 Å². The van der Waals surface area contributed by atoms with Gasteiger partial charge in [-0.2, -0.15) is 0 Å². The van der Waals surface area contributed by atoms with E-state index in [-0.39, 0.29) is 6.54 Å². The third-order valence-electron chi connectivity index (χ3n) is 4.32. The molecule has 0 spiro atoms. The van der Waals surface area contributed by atoms with Crippen LogP contribution in [0.2, 0.25) is 5.02 Å². The summed E-state index contributed by atoms with van der Waals surface area (Å²) in [6, 6.07) is 14.1. The number of fused-ring (bicyclic) bond motifs is 2. The molecule has 0 bridgehead atoms. The first-order chi connectivity index (χ1) is 11.5. The van der Waals surface area contributed by atoms with Gasteiger partial charge in [-0.05, 0) is 59.7 Å². The quantitative estimate of drug-likeness (QED) is 0.522. The molecular weight excluding hydrogens is 342 g/mol. The molecule has 0 unspecified atom stereocenters. The third kappa shape index (κ3) is 2.39. The monoisotopic (exact) mass is 355 g/mol. The molecule has 4 aromatic rings. The van der Waals surface area contributed by atoms with Crippen LogP contribution in [-0.4, -0.2) is 15.6 Å². The lowest BCUT2D eigenvalue weighted by atomic mass is 10.0. The van der Waals surface area contributed by atoms with Crippen LogP contribution in [0.3, 0.4) is 0 Å². The van der Waals surface area contributed by atoms with Crippen molar-refractivity contribution >= 4 is 49.9 Å². The van der Waals surface area contributed by atoms with Gasteiger partial charge in [0.25, 0.3) is 0 Å². The second-order valence-electron chi connectivity index (χ2n) is 5.77. The Hall–Kier alpha value is -2.30. The summed E-state index contributed by atoms with van der Waals surface area (Å²) in [6.07, 6.45) is 0. The highest BCUT2D eigenvalue weighted by Gasteiger charge is 2.17. The Labute approximate surface area is 147 Å². The fraction of sp³-hybridized carbons (Fsp3) is 0.105. The lowest BCUT2D eigenvalue weighted by molar-refractivity contribution is -0.137. The Kier molecular flexibility index (Phi) is 3.59. The topological polar surface area (TPSA) is 42.2 Å². The molecule has 5 heteroatoms. The minimum Gasteiger partial charge on any atom is -0.480 e. The number of rotatable bonds is 3. The number of nitrogens with zero attached hydrogens (tertiary/aromatic N) is 1. The van der Waals surface area contributed by atoms with E-state index in [4.69, 9.17) is 11.6 Å². The second kappa shape index (κ2) is 5.65. The van der Waals surface area contributed by atoms with Crippen molar-refractivity contribution in [1.29, 1.82) is 0 Å². The zero-order valence-electron chi connectivity index (χ0n) is 12.9. The van der Waals surface area contributed by atoms with E-state index >= 15 is 0 Å². The Morgan fingerprint density at radius 1 is 1.21 bits per heavy atom. The predicted molar refractivity (Wildman–Crippen MR) is 100 cm³/mol. The van der Waals surface area contributed by atoms with Gasteiger partial charge < -0.3 is 9.67 Å². The summed E-state index contributed by atoms with van der Waals surface area (Å²) in [4.78, 5) is 11.3. The molecule has 24 heavy (non-hydrogen) atoms. The minimum absolute atomic E-state index is 0.0648. The Morgan fingerprint density at radius 2 is 2.04 bits per heavy atom. The maximum atomic E-state index is 11.3. The van der Waals surface area contributed by atoms with E-state index in [1.54, 1.807) is 17.4 Å². The van der Waals surface area contributed by atoms with E-state index in [2.05, 4.69) is 29.6 Å². The molecule has 2 aromatic heterocycles. The van der Waals surface area contributed by atoms with Gasteiger partial charge in [0.2, 0.25) is 0 Å². The van der Waals surface area contributed by atoms with Crippen molar-refractivity contribution in [2.24, 2.45) is 0 Å². The van der Waals surface area contributed by atoms with Gasteiger partial charge in [-0.25, -0.2) is 0 Å². The summed E-state index contributed by atoms with van der Waals surface area (Å²) in [5.41, 5.74) is 3.95. The highest BCUT2D eigenvalue weighted by atomic mass is 35.5. The molecule has 0 aliphatic rings. The predicted octanol–water partition coefficient (Wildman–Crippen LogP) is 5.57. The first-order valence-corrected chi connectivity index (χ1v) is 8.78. The number of carboxylic acids is 1. The number of carbonyl (C=O) groups is 1. The fourth-order valence-electron chi connectivity index (χ4n) is 3.28. The van der Waals surface area contributed by atoms with E-state index in [1.165, 1.54) is 10.1 Å². The van der Waals surface area contributed by atoms with Crippen LogP contribution >= 0.6 is 22.9 Å². The van der Waals surface area contributed by atoms with Gasteiger partial charge in [0.1, 0.15) is 6.54 Å². The molecule has 4 rings (SSSR count). The molecule has 0 amide bonds. The Morgan fingerprint density at radius 3 is 2.83 bits per heavy atom. The van der Waals surface area contributed by atoms with E-state index in [9.17, 15) is 9.90 Å². The maximum Gasteiger partial charge on any atom is 0.323 e. The second-order valence-corrected chi connectivity index (χ2v) is 7.16. The number of benzene rings is 2. The van der Waals surface area contributed by atoms with Crippen molar-refractivity contribution in [3.05, 3.63) is 58.6 Å². The Bertz CT molecular complexity index is 1090. The van der Waals surface area contributed by atoms with Crippen molar-refractivity contribution in [3.8, 4) is 11.1 Å². The lowest BCUT2D eigenvalue weighted by Gasteiger charge is -2.06. The summed E-state index contributed by atoms with van der Waals surface area (Å²) in [7, 11) is 0. The van der Waals surface area contributed by atoms with Crippen LogP contribution in [0.25, 0.3) is 32.1 Å². The molecular formula is C19H14ClNO2S. The molecule has 3 nitrogen and oxygen atoms in total. The van der Waals surface area contributed by atoms with Crippen molar-refractivity contribution in [1.82, 2.24) is 4.57 Å². The molecule has 0 atom stereocenters. The molecule has 0 aliphatic carbocycles. The van der Waals surface area contributed by atoms with Gasteiger partial charge >= 0.3 is 5.97 Å². The number of thiophene rings is 1. The Balaban J connectivity index is 2.04. The third-order valence-corrected chi connectivity index (χ3v) is 5.45. The molecule has 2 heterocycles. The summed E-state index contributed by atoms with van der Waals surface area (Å²) in [5, 5.41) is 14.1. The molecule has 0 saturated heterocycles. The maximum absolute atomic E-state index is 11.3. The number of hydrogen-bond donors (Lipinski definition) is 1. The summed E-state index contributed by atoms with van der Waals surface area (Å²) in [5.74, 6) is -0.857. The highest BCUT2D eigenvalue weighted by Crippen LogP contribution is 2.37. The first kappa shape index (κ1) is 15.2. The number of carboxylic acid groups (broad SMARTS) is 1. The van der Waals surface area contributed by atoms with Gasteiger partial charge in [-0.15, -0.1) is 11.3 Å². The highest BCUT2D eigenvalue weighted by molar-refractivity contribution is 7.17. The number of hydrogen-bond acceptors (Lipinski definition) is 2. The molecule has 0 fully saturated rings. The van der Waals surface area contributed by atoms with Crippen molar-refractivity contribution in [2.75, 3.05) is 0 Å².